The van der Waals surface area contributed by atoms with E-state index in [4.69, 9.17) is 4.98 Å². The number of nitrogens with one attached hydrogen (secondary N) is 4. The Hall–Kier alpha value is -4.88. The number of rotatable bonds is 7. The van der Waals surface area contributed by atoms with Crippen molar-refractivity contribution in [3.05, 3.63) is 83.7 Å². The molecule has 4 N–H and O–H groups in total. The van der Waals surface area contributed by atoms with Crippen molar-refractivity contribution in [3.63, 3.8) is 0 Å². The lowest BCUT2D eigenvalue weighted by Crippen LogP contribution is -2.54. The third-order valence-corrected chi connectivity index (χ3v) is 9.78. The molecule has 248 valence electrons. The van der Waals surface area contributed by atoms with Crippen LogP contribution in [0.4, 0.5) is 4.79 Å². The van der Waals surface area contributed by atoms with Crippen molar-refractivity contribution < 1.29 is 9.59 Å². The summed E-state index contributed by atoms with van der Waals surface area (Å²) in [5.74, 6) is 8.28. The van der Waals surface area contributed by atoms with Crippen LogP contribution in [0.25, 0.3) is 22.5 Å². The maximum Gasteiger partial charge on any atom is 0.318 e. The topological polar surface area (TPSA) is 122 Å². The van der Waals surface area contributed by atoms with Gasteiger partial charge >= 0.3 is 6.03 Å². The van der Waals surface area contributed by atoms with Crippen LogP contribution in [0.2, 0.25) is 0 Å². The maximum absolute atomic E-state index is 13.8. The second kappa shape index (κ2) is 14.1. The minimum Gasteiger partial charge on any atom is -0.341 e. The van der Waals surface area contributed by atoms with Crippen LogP contribution in [0.1, 0.15) is 87.2 Å². The van der Waals surface area contributed by atoms with Gasteiger partial charge in [-0.15, -0.1) is 0 Å². The van der Waals surface area contributed by atoms with Crippen LogP contribution in [-0.4, -0.2) is 73.9 Å². The fraction of sp³-hybridized carbons (Fsp3) is 0.421. The van der Waals surface area contributed by atoms with E-state index in [0.29, 0.717) is 12.6 Å². The summed E-state index contributed by atoms with van der Waals surface area (Å²) in [7, 11) is 0. The molecule has 7 rings (SSSR count). The molecule has 0 spiro atoms. The van der Waals surface area contributed by atoms with Crippen molar-refractivity contribution in [2.45, 2.75) is 70.5 Å². The Bertz CT molecular complexity index is 1780. The van der Waals surface area contributed by atoms with E-state index in [1.807, 2.05) is 72.4 Å². The summed E-state index contributed by atoms with van der Waals surface area (Å²) in [6.45, 7) is 7.17. The molecule has 3 aliphatic heterocycles. The molecule has 3 saturated heterocycles. The van der Waals surface area contributed by atoms with E-state index in [2.05, 4.69) is 49.6 Å². The van der Waals surface area contributed by atoms with E-state index in [1.165, 1.54) is 6.42 Å². The van der Waals surface area contributed by atoms with E-state index < -0.39 is 6.04 Å². The number of benzene rings is 2. The molecule has 0 aliphatic carbocycles. The lowest BCUT2D eigenvalue weighted by Gasteiger charge is -2.31. The largest absolute Gasteiger partial charge is 0.341 e. The van der Waals surface area contributed by atoms with E-state index >= 15 is 0 Å². The Labute approximate surface area is 282 Å². The van der Waals surface area contributed by atoms with Crippen LogP contribution in [-0.2, 0) is 4.79 Å². The van der Waals surface area contributed by atoms with Crippen molar-refractivity contribution in [1.82, 2.24) is 40.4 Å². The molecule has 0 bridgehead atoms. The first-order valence-electron chi connectivity index (χ1n) is 17.3. The summed E-state index contributed by atoms with van der Waals surface area (Å²) in [6.07, 6.45) is 9.81. The number of hydrogen-bond donors (Lipinski definition) is 4. The SMILES string of the molecule is CC(C)[C@@H](NC(=O)N1CCCC1)C(=O)N1CCC[C@H]1c1ncc(-c2ccc(C#Cc3ccc(-c4cnc([C@@H]5CCCN5)[nH]4)cc3)cc2)[nH]1. The molecule has 10 heteroatoms. The smallest absolute Gasteiger partial charge is 0.318 e. The van der Waals surface area contributed by atoms with Gasteiger partial charge in [-0.2, -0.15) is 0 Å². The van der Waals surface area contributed by atoms with E-state index in [9.17, 15) is 9.59 Å². The second-order valence-electron chi connectivity index (χ2n) is 13.5. The van der Waals surface area contributed by atoms with Gasteiger partial charge in [0.25, 0.3) is 0 Å². The number of imidazole rings is 2. The van der Waals surface area contributed by atoms with Gasteiger partial charge in [0.2, 0.25) is 5.91 Å². The highest BCUT2D eigenvalue weighted by Crippen LogP contribution is 2.33. The van der Waals surface area contributed by atoms with Crippen LogP contribution in [0.3, 0.4) is 0 Å². The maximum atomic E-state index is 13.8. The Morgan fingerprint density at radius 3 is 1.98 bits per heavy atom. The third-order valence-electron chi connectivity index (χ3n) is 9.78. The molecule has 3 fully saturated rings. The highest BCUT2D eigenvalue weighted by atomic mass is 16.2. The van der Waals surface area contributed by atoms with Crippen molar-refractivity contribution in [1.29, 1.82) is 0 Å². The second-order valence-corrected chi connectivity index (χ2v) is 13.5. The number of likely N-dealkylation sites (tertiary alicyclic amines) is 2. The van der Waals surface area contributed by atoms with Gasteiger partial charge in [0.05, 0.1) is 35.9 Å². The Kier molecular flexibility index (Phi) is 9.30. The first-order chi connectivity index (χ1) is 23.4. The fourth-order valence-electron chi connectivity index (χ4n) is 6.99. The quantitative estimate of drug-likeness (QED) is 0.190. The highest BCUT2D eigenvalue weighted by Gasteiger charge is 2.38. The molecule has 3 amide bonds. The van der Waals surface area contributed by atoms with Gasteiger partial charge in [-0.3, -0.25) is 4.79 Å². The molecular weight excluding hydrogens is 600 g/mol. The Morgan fingerprint density at radius 1 is 0.792 bits per heavy atom. The molecule has 2 aromatic heterocycles. The van der Waals surface area contributed by atoms with Gasteiger partial charge in [0, 0.05) is 30.8 Å². The number of aromatic amines is 2. The zero-order chi connectivity index (χ0) is 33.0. The molecule has 3 atom stereocenters. The van der Waals surface area contributed by atoms with Crippen molar-refractivity contribution >= 4 is 11.9 Å². The lowest BCUT2D eigenvalue weighted by atomic mass is 10.0. The van der Waals surface area contributed by atoms with Crippen molar-refractivity contribution in [2.24, 2.45) is 5.92 Å². The first kappa shape index (κ1) is 31.7. The van der Waals surface area contributed by atoms with Crippen LogP contribution >= 0.6 is 0 Å². The zero-order valence-corrected chi connectivity index (χ0v) is 27.8. The summed E-state index contributed by atoms with van der Waals surface area (Å²) in [5, 5.41) is 6.52. The third kappa shape index (κ3) is 6.87. The molecule has 0 radical (unpaired) electrons. The van der Waals surface area contributed by atoms with Crippen LogP contribution < -0.4 is 10.6 Å². The molecule has 0 unspecified atom stereocenters. The standard InChI is InChI=1S/C38H44N8O2/c1-25(2)34(44-38(48)45-20-3-4-21-45)37(47)46-22-6-8-33(46)36-41-24-32(43-36)29-17-13-27(14-18-29)10-9-26-11-15-28(16-12-26)31-23-40-35(42-31)30-7-5-19-39-30/h11-18,23-25,30,33-34,39H,3-8,19-22H2,1-2H3,(H,40,42)(H,41,43)(H,44,48)/t30-,33-,34+/m0/s1. The minimum atomic E-state index is -0.566. The average Bonchev–Trinajstić information content (AvgIpc) is 3.95. The molecule has 5 heterocycles. The number of carbonyl (C=O) groups is 2. The zero-order valence-electron chi connectivity index (χ0n) is 27.8. The predicted molar refractivity (Wildman–Crippen MR) is 186 cm³/mol. The van der Waals surface area contributed by atoms with Crippen LogP contribution in [0.5, 0.6) is 0 Å². The number of H-pyrrole nitrogens is 2. The molecule has 4 aromatic rings. The number of urea groups is 1. The van der Waals surface area contributed by atoms with Gasteiger partial charge in [-0.1, -0.05) is 50.0 Å². The Balaban J connectivity index is 0.981. The van der Waals surface area contributed by atoms with Gasteiger partial charge in [0.1, 0.15) is 17.7 Å². The summed E-state index contributed by atoms with van der Waals surface area (Å²) in [5.41, 5.74) is 5.88. The van der Waals surface area contributed by atoms with E-state index in [-0.39, 0.29) is 23.9 Å². The molecule has 0 saturated carbocycles. The van der Waals surface area contributed by atoms with Crippen LogP contribution in [0, 0.1) is 17.8 Å². The van der Waals surface area contributed by atoms with E-state index in [1.54, 1.807) is 0 Å². The van der Waals surface area contributed by atoms with Gasteiger partial charge in [-0.25, -0.2) is 14.8 Å². The summed E-state index contributed by atoms with van der Waals surface area (Å²) in [4.78, 5) is 46.5. The van der Waals surface area contributed by atoms with Crippen molar-refractivity contribution in [3.8, 4) is 34.4 Å². The number of nitrogens with zero attached hydrogens (tertiary/aromatic N) is 4. The van der Waals surface area contributed by atoms with Gasteiger partial charge in [-0.05, 0) is 86.4 Å². The number of amides is 3. The summed E-state index contributed by atoms with van der Waals surface area (Å²) < 4.78 is 0. The average molecular weight is 645 g/mol. The number of aromatic nitrogens is 4. The number of carbonyl (C=O) groups excluding carboxylic acids is 2. The lowest BCUT2D eigenvalue weighted by molar-refractivity contribution is -0.135. The molecule has 48 heavy (non-hydrogen) atoms. The fourth-order valence-corrected chi connectivity index (χ4v) is 6.99. The minimum absolute atomic E-state index is 0.0205. The molecule has 3 aliphatic rings. The number of hydrogen-bond acceptors (Lipinski definition) is 5. The van der Waals surface area contributed by atoms with Crippen molar-refractivity contribution in [2.75, 3.05) is 26.2 Å². The summed E-state index contributed by atoms with van der Waals surface area (Å²) in [6, 6.07) is 15.8. The monoisotopic (exact) mass is 644 g/mol. The molecular formula is C38H44N8O2. The Morgan fingerprint density at radius 2 is 1.40 bits per heavy atom. The predicted octanol–water partition coefficient (Wildman–Crippen LogP) is 5.78. The molecule has 10 nitrogen and oxygen atoms in total. The van der Waals surface area contributed by atoms with E-state index in [0.717, 1.165) is 97.0 Å². The van der Waals surface area contributed by atoms with Crippen LogP contribution in [0.15, 0.2) is 60.9 Å². The van der Waals surface area contributed by atoms with Gasteiger partial charge < -0.3 is 30.4 Å². The molecule has 2 aromatic carbocycles. The normalized spacial score (nSPS) is 19.8. The first-order valence-corrected chi connectivity index (χ1v) is 17.3. The highest BCUT2D eigenvalue weighted by molar-refractivity contribution is 5.88. The van der Waals surface area contributed by atoms with Gasteiger partial charge in [0.15, 0.2) is 0 Å². The summed E-state index contributed by atoms with van der Waals surface area (Å²) >= 11 is 0.